The third-order valence-corrected chi connectivity index (χ3v) is 2.58. The van der Waals surface area contributed by atoms with Gasteiger partial charge in [0.15, 0.2) is 0 Å². The van der Waals surface area contributed by atoms with E-state index in [0.29, 0.717) is 0 Å². The second-order valence-electron chi connectivity index (χ2n) is 3.64. The fourth-order valence-corrected chi connectivity index (χ4v) is 1.78. The molecule has 1 aromatic carbocycles. The molecule has 0 aliphatic rings. The average molecular weight is 205 g/mol. The van der Waals surface area contributed by atoms with Gasteiger partial charge in [0.25, 0.3) is 0 Å². The van der Waals surface area contributed by atoms with Crippen molar-refractivity contribution in [1.82, 2.24) is 4.57 Å². The Morgan fingerprint density at radius 1 is 1.13 bits per heavy atom. The van der Waals surface area contributed by atoms with Crippen molar-refractivity contribution in [2.45, 2.75) is 19.6 Å². The lowest BCUT2D eigenvalue weighted by Gasteiger charge is -2.04. The second-order valence-corrected chi connectivity index (χ2v) is 3.64. The van der Waals surface area contributed by atoms with E-state index in [2.05, 4.69) is 4.57 Å². The highest BCUT2D eigenvalue weighted by atomic mass is 16.3. The van der Waals surface area contributed by atoms with E-state index in [1.807, 2.05) is 30.5 Å². The molecule has 0 saturated carbocycles. The summed E-state index contributed by atoms with van der Waals surface area (Å²) in [6, 6.07) is 7.96. The summed E-state index contributed by atoms with van der Waals surface area (Å²) in [6.07, 6.45) is 2.78. The molecule has 0 bridgehead atoms. The fraction of sp³-hybridized carbons (Fsp3) is 0.333. The summed E-state index contributed by atoms with van der Waals surface area (Å²) in [6.45, 7) is 1.13. The van der Waals surface area contributed by atoms with Crippen LogP contribution in [0.5, 0.6) is 0 Å². The largest absolute Gasteiger partial charge is 0.396 e. The van der Waals surface area contributed by atoms with Crippen molar-refractivity contribution in [3.8, 4) is 0 Å². The molecule has 0 fully saturated rings. The van der Waals surface area contributed by atoms with E-state index < -0.39 is 0 Å². The normalized spacial score (nSPS) is 11.1. The van der Waals surface area contributed by atoms with Crippen LogP contribution in [0.15, 0.2) is 30.5 Å². The molecule has 1 heterocycles. The van der Waals surface area contributed by atoms with Gasteiger partial charge in [-0.25, -0.2) is 0 Å². The highest BCUT2D eigenvalue weighted by molar-refractivity contribution is 5.80. The standard InChI is InChI=1S/C12H15NO2/c14-7-1-5-13-6-4-11-8-10(9-15)2-3-12(11)13/h2-4,6,8,14-15H,1,5,7,9H2. The summed E-state index contributed by atoms with van der Waals surface area (Å²) in [5.74, 6) is 0. The molecule has 15 heavy (non-hydrogen) atoms. The Labute approximate surface area is 88.6 Å². The van der Waals surface area contributed by atoms with Crippen LogP contribution >= 0.6 is 0 Å². The summed E-state index contributed by atoms with van der Waals surface area (Å²) in [5.41, 5.74) is 2.09. The number of aliphatic hydroxyl groups is 2. The maximum atomic E-state index is 9.01. The lowest BCUT2D eigenvalue weighted by atomic mass is 10.2. The summed E-state index contributed by atoms with van der Waals surface area (Å²) < 4.78 is 2.12. The van der Waals surface area contributed by atoms with Crippen LogP contribution in [0.25, 0.3) is 10.9 Å². The van der Waals surface area contributed by atoms with Gasteiger partial charge in [0.05, 0.1) is 6.61 Å². The van der Waals surface area contributed by atoms with E-state index in [4.69, 9.17) is 10.2 Å². The zero-order valence-electron chi connectivity index (χ0n) is 8.56. The molecule has 3 nitrogen and oxygen atoms in total. The Kier molecular flexibility index (Phi) is 3.04. The molecule has 1 aromatic heterocycles. The predicted molar refractivity (Wildman–Crippen MR) is 59.6 cm³/mol. The van der Waals surface area contributed by atoms with Crippen LogP contribution in [0.4, 0.5) is 0 Å². The molecule has 2 aromatic rings. The highest BCUT2D eigenvalue weighted by Crippen LogP contribution is 2.18. The molecule has 0 radical (unpaired) electrons. The van der Waals surface area contributed by atoms with Crippen molar-refractivity contribution in [3.05, 3.63) is 36.0 Å². The van der Waals surface area contributed by atoms with Gasteiger partial charge >= 0.3 is 0 Å². The molecule has 0 aliphatic heterocycles. The molecule has 0 saturated heterocycles. The third kappa shape index (κ3) is 2.03. The van der Waals surface area contributed by atoms with Gasteiger partial charge in [-0.3, -0.25) is 0 Å². The van der Waals surface area contributed by atoms with Crippen LogP contribution < -0.4 is 0 Å². The highest BCUT2D eigenvalue weighted by Gasteiger charge is 2.01. The lowest BCUT2D eigenvalue weighted by molar-refractivity contribution is 0.280. The molecule has 0 aliphatic carbocycles. The van der Waals surface area contributed by atoms with E-state index >= 15 is 0 Å². The van der Waals surface area contributed by atoms with E-state index in [1.54, 1.807) is 0 Å². The van der Waals surface area contributed by atoms with Gasteiger partial charge in [-0.05, 0) is 35.6 Å². The number of hydrogen-bond acceptors (Lipinski definition) is 2. The van der Waals surface area contributed by atoms with Crippen molar-refractivity contribution < 1.29 is 10.2 Å². The van der Waals surface area contributed by atoms with E-state index in [-0.39, 0.29) is 13.2 Å². The van der Waals surface area contributed by atoms with Crippen molar-refractivity contribution in [1.29, 1.82) is 0 Å². The molecular weight excluding hydrogens is 190 g/mol. The minimum atomic E-state index is 0.0811. The first kappa shape index (κ1) is 10.2. The van der Waals surface area contributed by atoms with Crippen LogP contribution in [0.2, 0.25) is 0 Å². The number of aryl methyl sites for hydroxylation is 1. The Morgan fingerprint density at radius 2 is 2.00 bits per heavy atom. The summed E-state index contributed by atoms with van der Waals surface area (Å²) in [7, 11) is 0. The zero-order valence-corrected chi connectivity index (χ0v) is 8.56. The van der Waals surface area contributed by atoms with Crippen LogP contribution in [0.1, 0.15) is 12.0 Å². The van der Waals surface area contributed by atoms with E-state index in [0.717, 1.165) is 29.4 Å². The molecule has 80 valence electrons. The average Bonchev–Trinajstić information content (AvgIpc) is 2.68. The number of nitrogens with zero attached hydrogens (tertiary/aromatic N) is 1. The molecule has 0 amide bonds. The van der Waals surface area contributed by atoms with Gasteiger partial charge in [-0.2, -0.15) is 0 Å². The van der Waals surface area contributed by atoms with E-state index in [1.165, 1.54) is 0 Å². The smallest absolute Gasteiger partial charge is 0.0682 e. The number of rotatable bonds is 4. The van der Waals surface area contributed by atoms with Gasteiger partial charge < -0.3 is 14.8 Å². The molecule has 0 atom stereocenters. The molecule has 0 spiro atoms. The SMILES string of the molecule is OCCCn1ccc2cc(CO)ccc21. The van der Waals surface area contributed by atoms with Gasteiger partial charge in [-0.15, -0.1) is 0 Å². The monoisotopic (exact) mass is 205 g/mol. The minimum absolute atomic E-state index is 0.0811. The third-order valence-electron chi connectivity index (χ3n) is 2.58. The van der Waals surface area contributed by atoms with Crippen LogP contribution in [-0.2, 0) is 13.2 Å². The Balaban J connectivity index is 2.34. The van der Waals surface area contributed by atoms with Crippen molar-refractivity contribution in [2.24, 2.45) is 0 Å². The number of aromatic nitrogens is 1. The predicted octanol–water partition coefficient (Wildman–Crippen LogP) is 1.52. The number of fused-ring (bicyclic) bond motifs is 1. The Hall–Kier alpha value is -1.32. The van der Waals surface area contributed by atoms with Crippen LogP contribution in [0.3, 0.4) is 0 Å². The summed E-state index contributed by atoms with van der Waals surface area (Å²) >= 11 is 0. The van der Waals surface area contributed by atoms with Crippen LogP contribution in [-0.4, -0.2) is 21.4 Å². The van der Waals surface area contributed by atoms with Gasteiger partial charge in [-0.1, -0.05) is 6.07 Å². The maximum absolute atomic E-state index is 9.01. The van der Waals surface area contributed by atoms with E-state index in [9.17, 15) is 0 Å². The quantitative estimate of drug-likeness (QED) is 0.794. The zero-order chi connectivity index (χ0) is 10.7. The summed E-state index contributed by atoms with van der Waals surface area (Å²) in [4.78, 5) is 0. The molecule has 0 unspecified atom stereocenters. The fourth-order valence-electron chi connectivity index (χ4n) is 1.78. The van der Waals surface area contributed by atoms with Gasteiger partial charge in [0.2, 0.25) is 0 Å². The summed E-state index contributed by atoms with van der Waals surface area (Å²) in [5, 5.41) is 18.9. The first-order valence-electron chi connectivity index (χ1n) is 5.14. The first-order valence-corrected chi connectivity index (χ1v) is 5.14. The topological polar surface area (TPSA) is 45.4 Å². The van der Waals surface area contributed by atoms with Gasteiger partial charge in [0, 0.05) is 24.9 Å². The Bertz CT molecular complexity index is 448. The second kappa shape index (κ2) is 4.47. The van der Waals surface area contributed by atoms with Crippen LogP contribution in [0, 0.1) is 0 Å². The Morgan fingerprint density at radius 3 is 2.73 bits per heavy atom. The number of aliphatic hydroxyl groups excluding tert-OH is 2. The molecule has 3 heteroatoms. The van der Waals surface area contributed by atoms with Gasteiger partial charge in [0.1, 0.15) is 0 Å². The van der Waals surface area contributed by atoms with Crippen molar-refractivity contribution >= 4 is 10.9 Å². The van der Waals surface area contributed by atoms with Crippen molar-refractivity contribution in [3.63, 3.8) is 0 Å². The maximum Gasteiger partial charge on any atom is 0.0682 e. The lowest BCUT2D eigenvalue weighted by Crippen LogP contribution is -1.98. The number of benzene rings is 1. The molecule has 2 rings (SSSR count). The molecule has 2 N–H and O–H groups in total. The first-order chi connectivity index (χ1) is 7.35. The number of hydrogen-bond donors (Lipinski definition) is 2. The molecular formula is C12H15NO2. The minimum Gasteiger partial charge on any atom is -0.396 e. The van der Waals surface area contributed by atoms with Crippen molar-refractivity contribution in [2.75, 3.05) is 6.61 Å².